The van der Waals surface area contributed by atoms with Crippen LogP contribution < -0.4 is 5.32 Å². The number of thiocarbonyl (C=S) groups is 1. The predicted molar refractivity (Wildman–Crippen MR) is 103 cm³/mol. The van der Waals surface area contributed by atoms with Gasteiger partial charge in [-0.05, 0) is 36.3 Å². The highest BCUT2D eigenvalue weighted by molar-refractivity contribution is 7.80. The molecule has 1 N–H and O–H groups in total. The van der Waals surface area contributed by atoms with E-state index in [4.69, 9.17) is 29.1 Å². The standard InChI is InChI=1S/C19H18ClN3OS/c20-17-10-5-4-9-16(17)18(24)22-19(25)23(13-6-12-21)14-11-15-7-2-1-3-8-15/h1-5,7-10H,6,11,13-14H2,(H,22,24,25). The van der Waals surface area contributed by atoms with Crippen LogP contribution in [0.5, 0.6) is 0 Å². The van der Waals surface area contributed by atoms with Gasteiger partial charge in [0.1, 0.15) is 0 Å². The molecule has 0 heterocycles. The molecule has 6 heteroatoms. The van der Waals surface area contributed by atoms with Crippen molar-refractivity contribution in [1.82, 2.24) is 10.2 Å². The molecule has 2 aromatic rings. The molecular weight excluding hydrogens is 354 g/mol. The van der Waals surface area contributed by atoms with E-state index in [9.17, 15) is 4.79 Å². The van der Waals surface area contributed by atoms with E-state index in [1.54, 1.807) is 24.3 Å². The van der Waals surface area contributed by atoms with Crippen LogP contribution in [0.4, 0.5) is 0 Å². The number of carbonyl (C=O) groups excluding carboxylic acids is 1. The maximum atomic E-state index is 12.4. The number of benzene rings is 2. The maximum Gasteiger partial charge on any atom is 0.258 e. The average Bonchev–Trinajstić information content (AvgIpc) is 2.62. The molecule has 1 amide bonds. The Morgan fingerprint density at radius 1 is 1.12 bits per heavy atom. The van der Waals surface area contributed by atoms with Crippen molar-refractivity contribution in [2.75, 3.05) is 13.1 Å². The first-order chi connectivity index (χ1) is 12.1. The Hall–Kier alpha value is -2.42. The van der Waals surface area contributed by atoms with Gasteiger partial charge < -0.3 is 4.90 Å². The lowest BCUT2D eigenvalue weighted by Gasteiger charge is -2.24. The molecule has 0 spiro atoms. The maximum absolute atomic E-state index is 12.4. The Morgan fingerprint density at radius 2 is 1.80 bits per heavy atom. The highest BCUT2D eigenvalue weighted by Crippen LogP contribution is 2.14. The van der Waals surface area contributed by atoms with Crippen molar-refractivity contribution in [3.05, 3.63) is 70.7 Å². The number of carbonyl (C=O) groups is 1. The van der Waals surface area contributed by atoms with Gasteiger partial charge in [-0.15, -0.1) is 0 Å². The number of rotatable bonds is 6. The number of amides is 1. The van der Waals surface area contributed by atoms with E-state index in [0.717, 1.165) is 6.42 Å². The highest BCUT2D eigenvalue weighted by Gasteiger charge is 2.15. The molecule has 0 saturated heterocycles. The quantitative estimate of drug-likeness (QED) is 0.784. The van der Waals surface area contributed by atoms with E-state index in [2.05, 4.69) is 11.4 Å². The number of nitrogens with zero attached hydrogens (tertiary/aromatic N) is 2. The summed E-state index contributed by atoms with van der Waals surface area (Å²) < 4.78 is 0. The molecule has 0 atom stereocenters. The Kier molecular flexibility index (Phi) is 7.39. The molecule has 0 saturated carbocycles. The van der Waals surface area contributed by atoms with Crippen molar-refractivity contribution >= 4 is 34.8 Å². The Morgan fingerprint density at radius 3 is 2.48 bits per heavy atom. The third-order valence-electron chi connectivity index (χ3n) is 3.63. The fraction of sp³-hybridized carbons (Fsp3) is 0.211. The zero-order chi connectivity index (χ0) is 18.1. The third kappa shape index (κ3) is 5.86. The van der Waals surface area contributed by atoms with Crippen molar-refractivity contribution < 1.29 is 4.79 Å². The van der Waals surface area contributed by atoms with Crippen molar-refractivity contribution in [2.24, 2.45) is 0 Å². The third-order valence-corrected chi connectivity index (χ3v) is 4.32. The lowest BCUT2D eigenvalue weighted by atomic mass is 10.1. The number of nitrogens with one attached hydrogen (secondary N) is 1. The summed E-state index contributed by atoms with van der Waals surface area (Å²) in [5.74, 6) is -0.350. The van der Waals surface area contributed by atoms with Gasteiger partial charge in [-0.2, -0.15) is 5.26 Å². The minimum atomic E-state index is -0.350. The Labute approximate surface area is 158 Å². The zero-order valence-electron chi connectivity index (χ0n) is 13.6. The van der Waals surface area contributed by atoms with Crippen molar-refractivity contribution in [2.45, 2.75) is 12.8 Å². The second-order valence-corrected chi connectivity index (χ2v) is 6.16. The van der Waals surface area contributed by atoms with Crippen LogP contribution in [0.15, 0.2) is 54.6 Å². The van der Waals surface area contributed by atoms with Crippen LogP contribution in [-0.2, 0) is 6.42 Å². The fourth-order valence-corrected chi connectivity index (χ4v) is 2.79. The number of hydrogen-bond acceptors (Lipinski definition) is 3. The van der Waals surface area contributed by atoms with Crippen LogP contribution in [0.1, 0.15) is 22.3 Å². The lowest BCUT2D eigenvalue weighted by molar-refractivity contribution is 0.0973. The summed E-state index contributed by atoms with van der Waals surface area (Å²) in [6.45, 7) is 1.08. The van der Waals surface area contributed by atoms with Crippen LogP contribution in [0.3, 0.4) is 0 Å². The van der Waals surface area contributed by atoms with E-state index in [1.165, 1.54) is 5.56 Å². The van der Waals surface area contributed by atoms with Gasteiger partial charge in [0.15, 0.2) is 5.11 Å². The highest BCUT2D eigenvalue weighted by atomic mass is 35.5. The van der Waals surface area contributed by atoms with Crippen LogP contribution >= 0.6 is 23.8 Å². The van der Waals surface area contributed by atoms with Gasteiger partial charge in [0.2, 0.25) is 0 Å². The molecule has 0 aliphatic heterocycles. The van der Waals surface area contributed by atoms with Crippen LogP contribution in [-0.4, -0.2) is 29.0 Å². The van der Waals surface area contributed by atoms with Gasteiger partial charge in [0.05, 0.1) is 23.1 Å². The molecule has 0 unspecified atom stereocenters. The summed E-state index contributed by atoms with van der Waals surface area (Å²) in [5, 5.41) is 12.2. The Bertz CT molecular complexity index is 774. The molecule has 0 fully saturated rings. The number of hydrogen-bond donors (Lipinski definition) is 1. The topological polar surface area (TPSA) is 56.1 Å². The molecule has 4 nitrogen and oxygen atoms in total. The van der Waals surface area contributed by atoms with Crippen LogP contribution in [0.25, 0.3) is 0 Å². The largest absolute Gasteiger partial charge is 0.348 e. The van der Waals surface area contributed by atoms with Gasteiger partial charge in [0, 0.05) is 13.1 Å². The molecular formula is C19H18ClN3OS. The van der Waals surface area contributed by atoms with Crippen LogP contribution in [0.2, 0.25) is 5.02 Å². The number of halogens is 1. The summed E-state index contributed by atoms with van der Waals surface area (Å²) in [4.78, 5) is 14.2. The fourth-order valence-electron chi connectivity index (χ4n) is 2.30. The first-order valence-corrected chi connectivity index (χ1v) is 8.66. The molecule has 0 aliphatic rings. The molecule has 0 radical (unpaired) electrons. The van der Waals surface area contributed by atoms with E-state index in [0.29, 0.717) is 35.2 Å². The van der Waals surface area contributed by atoms with Crippen molar-refractivity contribution in [1.29, 1.82) is 5.26 Å². The minimum Gasteiger partial charge on any atom is -0.348 e. The molecule has 0 aliphatic carbocycles. The molecule has 0 aromatic heterocycles. The molecule has 2 rings (SSSR count). The second-order valence-electron chi connectivity index (χ2n) is 5.37. The summed E-state index contributed by atoms with van der Waals surface area (Å²) in [6.07, 6.45) is 1.10. The summed E-state index contributed by atoms with van der Waals surface area (Å²) in [5.41, 5.74) is 1.54. The predicted octanol–water partition coefficient (Wildman–Crippen LogP) is 3.81. The molecule has 0 bridgehead atoms. The average molecular weight is 372 g/mol. The summed E-state index contributed by atoms with van der Waals surface area (Å²) in [6, 6.07) is 18.9. The van der Waals surface area contributed by atoms with Gasteiger partial charge in [-0.1, -0.05) is 54.1 Å². The minimum absolute atomic E-state index is 0.302. The zero-order valence-corrected chi connectivity index (χ0v) is 15.2. The molecule has 25 heavy (non-hydrogen) atoms. The van der Waals surface area contributed by atoms with Gasteiger partial charge >= 0.3 is 0 Å². The van der Waals surface area contributed by atoms with E-state index >= 15 is 0 Å². The van der Waals surface area contributed by atoms with E-state index < -0.39 is 0 Å². The second kappa shape index (κ2) is 9.77. The van der Waals surface area contributed by atoms with Crippen molar-refractivity contribution in [3.63, 3.8) is 0 Å². The Balaban J connectivity index is 2.01. The first-order valence-electron chi connectivity index (χ1n) is 7.87. The van der Waals surface area contributed by atoms with Gasteiger partial charge in [-0.25, -0.2) is 0 Å². The van der Waals surface area contributed by atoms with Gasteiger partial charge in [-0.3, -0.25) is 10.1 Å². The molecule has 128 valence electrons. The SMILES string of the molecule is N#CCCN(CCc1ccccc1)C(=S)NC(=O)c1ccccc1Cl. The monoisotopic (exact) mass is 371 g/mol. The van der Waals surface area contributed by atoms with Gasteiger partial charge in [0.25, 0.3) is 5.91 Å². The normalized spacial score (nSPS) is 9.92. The van der Waals surface area contributed by atoms with Crippen LogP contribution in [0, 0.1) is 11.3 Å². The van der Waals surface area contributed by atoms with E-state index in [-0.39, 0.29) is 5.91 Å². The first kappa shape index (κ1) is 18.9. The van der Waals surface area contributed by atoms with E-state index in [1.807, 2.05) is 35.2 Å². The summed E-state index contributed by atoms with van der Waals surface area (Å²) >= 11 is 11.4. The number of nitriles is 1. The van der Waals surface area contributed by atoms with Crippen molar-refractivity contribution in [3.8, 4) is 6.07 Å². The summed E-state index contributed by atoms with van der Waals surface area (Å²) in [7, 11) is 0. The lowest BCUT2D eigenvalue weighted by Crippen LogP contribution is -2.44. The molecule has 2 aromatic carbocycles. The smallest absolute Gasteiger partial charge is 0.258 e.